The molecule has 0 radical (unpaired) electrons. The number of benzene rings is 2. The fourth-order valence-corrected chi connectivity index (χ4v) is 3.80. The van der Waals surface area contributed by atoms with Gasteiger partial charge in [0.15, 0.2) is 11.5 Å². The Morgan fingerprint density at radius 1 is 1.15 bits per heavy atom. The third kappa shape index (κ3) is 6.21. The number of aromatic nitrogens is 2. The van der Waals surface area contributed by atoms with Crippen LogP contribution in [0.5, 0.6) is 11.5 Å². The summed E-state index contributed by atoms with van der Waals surface area (Å²) in [4.78, 5) is 8.65. The van der Waals surface area contributed by atoms with Gasteiger partial charge in [0.2, 0.25) is 0 Å². The number of fused-ring (bicyclic) bond motifs is 1. The highest BCUT2D eigenvalue weighted by molar-refractivity contribution is 7.85. The minimum Gasteiger partial charge on any atom is -0.490 e. The van der Waals surface area contributed by atoms with Gasteiger partial charge in [-0.25, -0.2) is 14.4 Å². The third-order valence-electron chi connectivity index (χ3n) is 5.07. The van der Waals surface area contributed by atoms with Crippen LogP contribution < -0.4 is 14.8 Å². The quantitative estimate of drug-likeness (QED) is 0.315. The van der Waals surface area contributed by atoms with Crippen LogP contribution in [0.15, 0.2) is 36.7 Å². The summed E-state index contributed by atoms with van der Waals surface area (Å²) in [5.41, 5.74) is 1.21. The SMILES string of the molecule is CS(=O)(=O)OCCCOc1cc2c(Nc3ccc(F)c(Cl)c3)ncnc2cc1OC1CCC1. The molecule has 1 saturated carbocycles. The molecule has 176 valence electrons. The van der Waals surface area contributed by atoms with Gasteiger partial charge in [-0.2, -0.15) is 8.42 Å². The van der Waals surface area contributed by atoms with E-state index < -0.39 is 15.9 Å². The zero-order valence-corrected chi connectivity index (χ0v) is 19.5. The fourth-order valence-electron chi connectivity index (χ4n) is 3.20. The first-order chi connectivity index (χ1) is 15.8. The van der Waals surface area contributed by atoms with Crippen LogP contribution in [0.1, 0.15) is 25.7 Å². The van der Waals surface area contributed by atoms with Crippen LogP contribution in [-0.4, -0.2) is 44.0 Å². The topological polar surface area (TPSA) is 99.6 Å². The van der Waals surface area contributed by atoms with Gasteiger partial charge in [-0.05, 0) is 43.5 Å². The maximum absolute atomic E-state index is 13.5. The van der Waals surface area contributed by atoms with Gasteiger partial charge in [0.05, 0.1) is 36.1 Å². The summed E-state index contributed by atoms with van der Waals surface area (Å²) in [6, 6.07) is 7.86. The van der Waals surface area contributed by atoms with Crippen LogP contribution in [0, 0.1) is 5.82 Å². The largest absolute Gasteiger partial charge is 0.490 e. The highest BCUT2D eigenvalue weighted by atomic mass is 35.5. The minimum atomic E-state index is -3.50. The van der Waals surface area contributed by atoms with Crippen LogP contribution in [0.4, 0.5) is 15.9 Å². The maximum Gasteiger partial charge on any atom is 0.264 e. The fraction of sp³-hybridized carbons (Fsp3) is 0.364. The van der Waals surface area contributed by atoms with Crippen molar-refractivity contribution < 1.29 is 26.5 Å². The molecule has 0 amide bonds. The number of anilines is 2. The van der Waals surface area contributed by atoms with Gasteiger partial charge in [-0.1, -0.05) is 11.6 Å². The molecule has 0 saturated heterocycles. The third-order valence-corrected chi connectivity index (χ3v) is 5.96. The Morgan fingerprint density at radius 3 is 2.67 bits per heavy atom. The van der Waals surface area contributed by atoms with Crippen LogP contribution in [0.2, 0.25) is 5.02 Å². The zero-order chi connectivity index (χ0) is 23.4. The summed E-state index contributed by atoms with van der Waals surface area (Å²) in [7, 11) is -3.50. The normalized spacial score (nSPS) is 14.2. The summed E-state index contributed by atoms with van der Waals surface area (Å²) in [5, 5.41) is 3.80. The molecule has 0 bridgehead atoms. The lowest BCUT2D eigenvalue weighted by molar-refractivity contribution is 0.114. The molecule has 11 heteroatoms. The smallest absolute Gasteiger partial charge is 0.264 e. The highest BCUT2D eigenvalue weighted by Gasteiger charge is 2.22. The molecular formula is C22H23ClFN3O5S. The van der Waals surface area contributed by atoms with E-state index in [0.29, 0.717) is 40.3 Å². The summed E-state index contributed by atoms with van der Waals surface area (Å²) in [6.45, 7) is 0.249. The van der Waals surface area contributed by atoms with Crippen molar-refractivity contribution in [2.24, 2.45) is 0 Å². The molecule has 33 heavy (non-hydrogen) atoms. The van der Waals surface area contributed by atoms with E-state index in [2.05, 4.69) is 15.3 Å². The molecule has 1 aliphatic rings. The molecule has 3 aromatic rings. The van der Waals surface area contributed by atoms with Crippen molar-refractivity contribution in [1.82, 2.24) is 9.97 Å². The summed E-state index contributed by atoms with van der Waals surface area (Å²) < 4.78 is 52.5. The second-order valence-corrected chi connectivity index (χ2v) is 9.74. The number of nitrogens with one attached hydrogen (secondary N) is 1. The average molecular weight is 496 g/mol. The van der Waals surface area contributed by atoms with E-state index in [0.717, 1.165) is 25.5 Å². The lowest BCUT2D eigenvalue weighted by Gasteiger charge is -2.27. The maximum atomic E-state index is 13.5. The number of ether oxygens (including phenoxy) is 2. The van der Waals surface area contributed by atoms with Crippen molar-refractivity contribution in [1.29, 1.82) is 0 Å². The van der Waals surface area contributed by atoms with E-state index in [-0.39, 0.29) is 24.3 Å². The van der Waals surface area contributed by atoms with E-state index in [4.69, 9.17) is 25.3 Å². The monoisotopic (exact) mass is 495 g/mol. The molecule has 1 aliphatic carbocycles. The Morgan fingerprint density at radius 2 is 1.97 bits per heavy atom. The standard InChI is InChI=1S/C22H23ClFN3O5S/c1-33(28,29)31-9-3-8-30-20-11-16-19(12-21(20)32-15-4-2-5-15)25-13-26-22(16)27-14-6-7-18(24)17(23)10-14/h6-7,10-13,15H,2-5,8-9H2,1H3,(H,25,26,27). The van der Waals surface area contributed by atoms with Crippen LogP contribution >= 0.6 is 11.6 Å². The first-order valence-corrected chi connectivity index (χ1v) is 12.6. The molecule has 4 rings (SSSR count). The number of hydrogen-bond donors (Lipinski definition) is 1. The molecule has 1 aromatic heterocycles. The van der Waals surface area contributed by atoms with Crippen molar-refractivity contribution in [3.8, 4) is 11.5 Å². The average Bonchev–Trinajstić information content (AvgIpc) is 2.72. The van der Waals surface area contributed by atoms with Crippen molar-refractivity contribution in [2.45, 2.75) is 31.8 Å². The number of hydrogen-bond acceptors (Lipinski definition) is 8. The minimum absolute atomic E-state index is 0.00474. The van der Waals surface area contributed by atoms with Crippen molar-refractivity contribution >= 4 is 44.1 Å². The Kier molecular flexibility index (Phi) is 7.16. The first kappa shape index (κ1) is 23.5. The lowest BCUT2D eigenvalue weighted by atomic mass is 9.96. The van der Waals surface area contributed by atoms with E-state index in [1.807, 2.05) is 0 Å². The molecule has 2 aromatic carbocycles. The Bertz CT molecular complexity index is 1250. The molecular weight excluding hydrogens is 473 g/mol. The van der Waals surface area contributed by atoms with E-state index in [1.54, 1.807) is 18.2 Å². The van der Waals surface area contributed by atoms with Crippen molar-refractivity contribution in [3.05, 3.63) is 47.5 Å². The van der Waals surface area contributed by atoms with Crippen LogP contribution in [-0.2, 0) is 14.3 Å². The van der Waals surface area contributed by atoms with Crippen LogP contribution in [0.25, 0.3) is 10.9 Å². The molecule has 0 spiro atoms. The Labute approximate surface area is 196 Å². The Hall–Kier alpha value is -2.69. The lowest BCUT2D eigenvalue weighted by Crippen LogP contribution is -2.24. The number of nitrogens with zero attached hydrogens (tertiary/aromatic N) is 2. The van der Waals surface area contributed by atoms with Gasteiger partial charge in [-0.3, -0.25) is 4.18 Å². The number of halogens is 2. The van der Waals surface area contributed by atoms with Gasteiger partial charge in [0, 0.05) is 23.6 Å². The zero-order valence-electron chi connectivity index (χ0n) is 17.9. The second kappa shape index (κ2) is 10.1. The molecule has 0 atom stereocenters. The molecule has 0 aliphatic heterocycles. The highest BCUT2D eigenvalue weighted by Crippen LogP contribution is 2.38. The van der Waals surface area contributed by atoms with Crippen molar-refractivity contribution in [3.63, 3.8) is 0 Å². The predicted octanol–water partition coefficient (Wildman–Crippen LogP) is 4.84. The van der Waals surface area contributed by atoms with Crippen molar-refractivity contribution in [2.75, 3.05) is 24.8 Å². The Balaban J connectivity index is 1.59. The molecule has 1 fully saturated rings. The first-order valence-electron chi connectivity index (χ1n) is 10.4. The number of rotatable bonds is 10. The summed E-state index contributed by atoms with van der Waals surface area (Å²) in [5.74, 6) is 1.03. The molecule has 1 heterocycles. The van der Waals surface area contributed by atoms with E-state index >= 15 is 0 Å². The molecule has 1 N–H and O–H groups in total. The molecule has 0 unspecified atom stereocenters. The van der Waals surface area contributed by atoms with Gasteiger partial charge in [0.25, 0.3) is 10.1 Å². The van der Waals surface area contributed by atoms with Gasteiger partial charge < -0.3 is 14.8 Å². The predicted molar refractivity (Wildman–Crippen MR) is 123 cm³/mol. The van der Waals surface area contributed by atoms with Gasteiger partial charge in [0.1, 0.15) is 18.0 Å². The summed E-state index contributed by atoms with van der Waals surface area (Å²) in [6.07, 6.45) is 5.99. The summed E-state index contributed by atoms with van der Waals surface area (Å²) >= 11 is 5.89. The van der Waals surface area contributed by atoms with E-state index in [9.17, 15) is 12.8 Å². The van der Waals surface area contributed by atoms with Gasteiger partial charge in [-0.15, -0.1) is 0 Å². The van der Waals surface area contributed by atoms with E-state index in [1.165, 1.54) is 18.5 Å². The second-order valence-electron chi connectivity index (χ2n) is 7.69. The molecule has 8 nitrogen and oxygen atoms in total. The van der Waals surface area contributed by atoms with Crippen LogP contribution in [0.3, 0.4) is 0 Å². The van der Waals surface area contributed by atoms with Gasteiger partial charge >= 0.3 is 0 Å².